The normalized spacial score (nSPS) is 19.9. The molecule has 1 saturated heterocycles. The zero-order chi connectivity index (χ0) is 14.5. The zero-order valence-electron chi connectivity index (χ0n) is 12.3. The number of ether oxygens (including phenoxy) is 3. The molecule has 0 aromatic heterocycles. The van der Waals surface area contributed by atoms with E-state index in [2.05, 4.69) is 10.6 Å². The molecule has 2 heterocycles. The average Bonchev–Trinajstić information content (AvgIpc) is 2.54. The van der Waals surface area contributed by atoms with Crippen LogP contribution in [0.5, 0.6) is 11.5 Å². The lowest BCUT2D eigenvalue weighted by Crippen LogP contribution is -2.41. The molecule has 0 radical (unpaired) electrons. The maximum Gasteiger partial charge on any atom is 0.222 e. The second kappa shape index (κ2) is 8.22. The van der Waals surface area contributed by atoms with Crippen LogP contribution in [0.25, 0.3) is 0 Å². The minimum atomic E-state index is -0.0287. The van der Waals surface area contributed by atoms with Crippen LogP contribution in [-0.2, 0) is 16.1 Å². The van der Waals surface area contributed by atoms with E-state index in [1.54, 1.807) is 0 Å². The summed E-state index contributed by atoms with van der Waals surface area (Å²) in [5.74, 6) is 1.50. The Bertz CT molecular complexity index is 506. The minimum Gasteiger partial charge on any atom is -0.486 e. The average molecular weight is 329 g/mol. The number of carbonyl (C=O) groups is 1. The predicted molar refractivity (Wildman–Crippen MR) is 83.8 cm³/mol. The lowest BCUT2D eigenvalue weighted by Gasteiger charge is -2.23. The molecule has 1 atom stereocenters. The molecular formula is C15H21ClN2O4. The summed E-state index contributed by atoms with van der Waals surface area (Å²) in [5, 5.41) is 6.12. The minimum absolute atomic E-state index is 0. The van der Waals surface area contributed by atoms with Crippen LogP contribution in [0, 0.1) is 0 Å². The van der Waals surface area contributed by atoms with Gasteiger partial charge in [0.15, 0.2) is 11.5 Å². The number of morpholine rings is 1. The molecule has 1 aromatic carbocycles. The van der Waals surface area contributed by atoms with E-state index in [1.165, 1.54) is 0 Å². The molecule has 1 fully saturated rings. The van der Waals surface area contributed by atoms with Crippen LogP contribution in [-0.4, -0.2) is 44.9 Å². The fourth-order valence-electron chi connectivity index (χ4n) is 2.43. The molecule has 22 heavy (non-hydrogen) atoms. The second-order valence-electron chi connectivity index (χ2n) is 5.16. The predicted octanol–water partition coefficient (Wildman–Crippen LogP) is 0.874. The van der Waals surface area contributed by atoms with Crippen molar-refractivity contribution in [2.24, 2.45) is 0 Å². The number of amides is 1. The third-order valence-corrected chi connectivity index (χ3v) is 3.51. The van der Waals surface area contributed by atoms with Gasteiger partial charge in [-0.2, -0.15) is 0 Å². The number of rotatable bonds is 4. The van der Waals surface area contributed by atoms with Crippen molar-refractivity contribution < 1.29 is 19.0 Å². The molecule has 2 aliphatic heterocycles. The van der Waals surface area contributed by atoms with Gasteiger partial charge in [-0.1, -0.05) is 6.07 Å². The fraction of sp³-hybridized carbons (Fsp3) is 0.533. The van der Waals surface area contributed by atoms with Crippen molar-refractivity contribution in [3.63, 3.8) is 0 Å². The van der Waals surface area contributed by atoms with E-state index in [0.717, 1.165) is 30.2 Å². The Morgan fingerprint density at radius 1 is 1.23 bits per heavy atom. The molecule has 0 bridgehead atoms. The summed E-state index contributed by atoms with van der Waals surface area (Å²) in [7, 11) is 0. The summed E-state index contributed by atoms with van der Waals surface area (Å²) in [4.78, 5) is 11.9. The van der Waals surface area contributed by atoms with E-state index in [4.69, 9.17) is 14.2 Å². The van der Waals surface area contributed by atoms with E-state index < -0.39 is 0 Å². The Kier molecular flexibility index (Phi) is 6.30. The van der Waals surface area contributed by atoms with Crippen LogP contribution in [0.1, 0.15) is 12.0 Å². The summed E-state index contributed by atoms with van der Waals surface area (Å²) in [6, 6.07) is 5.73. The fourth-order valence-corrected chi connectivity index (χ4v) is 2.43. The molecule has 3 rings (SSSR count). The Labute approximate surface area is 135 Å². The zero-order valence-corrected chi connectivity index (χ0v) is 13.1. The Balaban J connectivity index is 0.00000176. The van der Waals surface area contributed by atoms with Gasteiger partial charge >= 0.3 is 0 Å². The van der Waals surface area contributed by atoms with Gasteiger partial charge in [-0.05, 0) is 17.7 Å². The van der Waals surface area contributed by atoms with Gasteiger partial charge in [0, 0.05) is 19.6 Å². The molecule has 0 spiro atoms. The van der Waals surface area contributed by atoms with Crippen molar-refractivity contribution in [1.29, 1.82) is 0 Å². The van der Waals surface area contributed by atoms with E-state index in [0.29, 0.717) is 32.8 Å². The number of hydrogen-bond acceptors (Lipinski definition) is 5. The highest BCUT2D eigenvalue weighted by Gasteiger charge is 2.17. The number of benzene rings is 1. The SMILES string of the molecule is Cl.O=C(CC1CNCCO1)NCc1ccc2c(c1)OCCO2. The maximum atomic E-state index is 11.9. The van der Waals surface area contributed by atoms with E-state index in [1.807, 2.05) is 18.2 Å². The molecule has 2 aliphatic rings. The van der Waals surface area contributed by atoms with E-state index in [-0.39, 0.29) is 24.4 Å². The first-order chi connectivity index (χ1) is 10.3. The largest absolute Gasteiger partial charge is 0.486 e. The van der Waals surface area contributed by atoms with E-state index in [9.17, 15) is 4.79 Å². The summed E-state index contributed by atoms with van der Waals surface area (Å²) in [5.41, 5.74) is 0.996. The highest BCUT2D eigenvalue weighted by molar-refractivity contribution is 5.85. The van der Waals surface area contributed by atoms with Gasteiger partial charge in [0.2, 0.25) is 5.91 Å². The van der Waals surface area contributed by atoms with Gasteiger partial charge in [-0.15, -0.1) is 12.4 Å². The van der Waals surface area contributed by atoms with Gasteiger partial charge in [-0.3, -0.25) is 4.79 Å². The van der Waals surface area contributed by atoms with E-state index >= 15 is 0 Å². The Morgan fingerprint density at radius 3 is 2.82 bits per heavy atom. The molecule has 0 aliphatic carbocycles. The van der Waals surface area contributed by atoms with Crippen molar-refractivity contribution in [3.05, 3.63) is 23.8 Å². The summed E-state index contributed by atoms with van der Waals surface area (Å²) < 4.78 is 16.5. The van der Waals surface area contributed by atoms with Gasteiger partial charge in [0.1, 0.15) is 13.2 Å². The molecule has 122 valence electrons. The van der Waals surface area contributed by atoms with Crippen LogP contribution < -0.4 is 20.1 Å². The van der Waals surface area contributed by atoms with Gasteiger partial charge in [0.25, 0.3) is 0 Å². The molecule has 2 N–H and O–H groups in total. The molecule has 1 aromatic rings. The molecule has 1 unspecified atom stereocenters. The highest BCUT2D eigenvalue weighted by Crippen LogP contribution is 2.30. The summed E-state index contributed by atoms with van der Waals surface area (Å²) in [6.07, 6.45) is 0.358. The lowest BCUT2D eigenvalue weighted by molar-refractivity contribution is -0.124. The van der Waals surface area contributed by atoms with Crippen molar-refractivity contribution in [3.8, 4) is 11.5 Å². The quantitative estimate of drug-likeness (QED) is 0.858. The maximum absolute atomic E-state index is 11.9. The molecule has 7 heteroatoms. The smallest absolute Gasteiger partial charge is 0.222 e. The van der Waals surface area contributed by atoms with Crippen LogP contribution in [0.4, 0.5) is 0 Å². The van der Waals surface area contributed by atoms with Gasteiger partial charge in [0.05, 0.1) is 19.1 Å². The third kappa shape index (κ3) is 4.50. The molecule has 1 amide bonds. The first kappa shape index (κ1) is 16.9. The van der Waals surface area contributed by atoms with Gasteiger partial charge < -0.3 is 24.8 Å². The highest BCUT2D eigenvalue weighted by atomic mass is 35.5. The third-order valence-electron chi connectivity index (χ3n) is 3.51. The van der Waals surface area contributed by atoms with Crippen molar-refractivity contribution in [2.45, 2.75) is 19.1 Å². The first-order valence-corrected chi connectivity index (χ1v) is 7.29. The van der Waals surface area contributed by atoms with Crippen molar-refractivity contribution in [1.82, 2.24) is 10.6 Å². The number of halogens is 1. The summed E-state index contributed by atoms with van der Waals surface area (Å²) in [6.45, 7) is 3.88. The van der Waals surface area contributed by atoms with Crippen LogP contribution in [0.2, 0.25) is 0 Å². The van der Waals surface area contributed by atoms with Crippen molar-refractivity contribution in [2.75, 3.05) is 32.9 Å². The standard InChI is InChI=1S/C15H20N2O4.ClH/c18-15(8-12-10-16-3-4-19-12)17-9-11-1-2-13-14(7-11)21-6-5-20-13;/h1-2,7,12,16H,3-6,8-10H2,(H,17,18);1H. The number of nitrogens with one attached hydrogen (secondary N) is 2. The number of fused-ring (bicyclic) bond motifs is 1. The van der Waals surface area contributed by atoms with Gasteiger partial charge in [-0.25, -0.2) is 0 Å². The molecule has 0 saturated carbocycles. The number of carbonyl (C=O) groups excluding carboxylic acids is 1. The lowest BCUT2D eigenvalue weighted by atomic mass is 10.1. The van der Waals surface area contributed by atoms with Crippen LogP contribution in [0.3, 0.4) is 0 Å². The topological polar surface area (TPSA) is 68.8 Å². The molecule has 6 nitrogen and oxygen atoms in total. The number of hydrogen-bond donors (Lipinski definition) is 2. The first-order valence-electron chi connectivity index (χ1n) is 7.29. The van der Waals surface area contributed by atoms with Crippen LogP contribution in [0.15, 0.2) is 18.2 Å². The van der Waals surface area contributed by atoms with Crippen molar-refractivity contribution >= 4 is 18.3 Å². The Hall–Kier alpha value is -1.50. The van der Waals surface area contributed by atoms with Crippen LogP contribution >= 0.6 is 12.4 Å². The Morgan fingerprint density at radius 2 is 2.05 bits per heavy atom. The second-order valence-corrected chi connectivity index (χ2v) is 5.16. The monoisotopic (exact) mass is 328 g/mol. The summed E-state index contributed by atoms with van der Waals surface area (Å²) >= 11 is 0. The molecular weight excluding hydrogens is 308 g/mol.